The zero-order valence-electron chi connectivity index (χ0n) is 14.4. The maximum Gasteiger partial charge on any atom is 0.263 e. The zero-order valence-corrected chi connectivity index (χ0v) is 16.0. The molecule has 8 heteroatoms. The SMILES string of the molecule is COc1cccc(NC(=O)COc2ccccc2/C=C2\SC(=S)NC2=O)c1. The third-order valence-electron chi connectivity index (χ3n) is 3.56. The number of nitrogens with one attached hydrogen (secondary N) is 2. The minimum atomic E-state index is -0.306. The molecule has 0 atom stereocenters. The number of thiocarbonyl (C=S) groups is 1. The van der Waals surface area contributed by atoms with Crippen LogP contribution >= 0.6 is 24.0 Å². The Hall–Kier alpha value is -2.84. The number of amides is 2. The van der Waals surface area contributed by atoms with Crippen molar-refractivity contribution in [1.82, 2.24) is 5.32 Å². The third-order valence-corrected chi connectivity index (χ3v) is 4.72. The Balaban J connectivity index is 1.66. The van der Waals surface area contributed by atoms with Gasteiger partial charge in [0.2, 0.25) is 0 Å². The Labute approximate surface area is 165 Å². The molecule has 3 rings (SSSR count). The normalized spacial score (nSPS) is 14.8. The van der Waals surface area contributed by atoms with Gasteiger partial charge in [0.15, 0.2) is 6.61 Å². The number of para-hydroxylation sites is 1. The molecule has 138 valence electrons. The van der Waals surface area contributed by atoms with Crippen LogP contribution in [0, 0.1) is 0 Å². The maximum atomic E-state index is 12.2. The van der Waals surface area contributed by atoms with E-state index in [2.05, 4.69) is 10.6 Å². The Bertz CT molecular complexity index is 927. The van der Waals surface area contributed by atoms with Crippen molar-refractivity contribution in [3.8, 4) is 11.5 Å². The van der Waals surface area contributed by atoms with Crippen LogP contribution < -0.4 is 20.1 Å². The molecule has 0 aliphatic carbocycles. The average Bonchev–Trinajstić information content (AvgIpc) is 2.98. The van der Waals surface area contributed by atoms with Crippen LogP contribution in [-0.4, -0.2) is 29.9 Å². The van der Waals surface area contributed by atoms with Crippen molar-refractivity contribution in [2.24, 2.45) is 0 Å². The highest BCUT2D eigenvalue weighted by Crippen LogP contribution is 2.29. The summed E-state index contributed by atoms with van der Waals surface area (Å²) in [6, 6.07) is 14.2. The van der Waals surface area contributed by atoms with E-state index >= 15 is 0 Å². The van der Waals surface area contributed by atoms with E-state index in [1.54, 1.807) is 55.7 Å². The summed E-state index contributed by atoms with van der Waals surface area (Å²) in [6.07, 6.45) is 1.69. The number of anilines is 1. The van der Waals surface area contributed by atoms with Gasteiger partial charge in [0.05, 0.1) is 12.0 Å². The number of benzene rings is 2. The lowest BCUT2D eigenvalue weighted by Gasteiger charge is -2.10. The van der Waals surface area contributed by atoms with Crippen LogP contribution in [0.1, 0.15) is 5.56 Å². The molecule has 0 unspecified atom stereocenters. The molecule has 2 amide bonds. The molecule has 2 N–H and O–H groups in total. The van der Waals surface area contributed by atoms with E-state index in [9.17, 15) is 9.59 Å². The van der Waals surface area contributed by atoms with Crippen molar-refractivity contribution in [2.75, 3.05) is 19.0 Å². The Morgan fingerprint density at radius 1 is 1.26 bits per heavy atom. The van der Waals surface area contributed by atoms with E-state index in [4.69, 9.17) is 21.7 Å². The van der Waals surface area contributed by atoms with E-state index in [1.165, 1.54) is 11.8 Å². The first kappa shape index (κ1) is 18.9. The van der Waals surface area contributed by atoms with Crippen LogP contribution in [0.15, 0.2) is 53.4 Å². The molecule has 2 aromatic carbocycles. The number of rotatable bonds is 6. The van der Waals surface area contributed by atoms with Crippen LogP contribution in [0.3, 0.4) is 0 Å². The second-order valence-corrected chi connectivity index (χ2v) is 7.18. The second kappa shape index (κ2) is 8.70. The predicted molar refractivity (Wildman–Crippen MR) is 110 cm³/mol. The molecule has 27 heavy (non-hydrogen) atoms. The molecule has 1 heterocycles. The van der Waals surface area contributed by atoms with Gasteiger partial charge >= 0.3 is 0 Å². The summed E-state index contributed by atoms with van der Waals surface area (Å²) in [5, 5.41) is 5.31. The molecule has 0 saturated carbocycles. The summed E-state index contributed by atoms with van der Waals surface area (Å²) in [4.78, 5) is 24.5. The molecule has 2 aromatic rings. The van der Waals surface area contributed by atoms with Crippen molar-refractivity contribution < 1.29 is 19.1 Å². The first-order chi connectivity index (χ1) is 13.0. The standard InChI is InChI=1S/C19H16N2O4S2/c1-24-14-7-4-6-13(10-14)20-17(22)11-25-15-8-3-2-5-12(15)9-16-18(23)21-19(26)27-16/h2-10H,11H2,1H3,(H,20,22)(H,21,23,26)/b16-9-. The molecule has 1 fully saturated rings. The van der Waals surface area contributed by atoms with Crippen molar-refractivity contribution in [3.63, 3.8) is 0 Å². The average molecular weight is 400 g/mol. The summed E-state index contributed by atoms with van der Waals surface area (Å²) < 4.78 is 11.2. The minimum Gasteiger partial charge on any atom is -0.497 e. The summed E-state index contributed by atoms with van der Waals surface area (Å²) in [6.45, 7) is -0.171. The van der Waals surface area contributed by atoms with Crippen LogP contribution in [0.4, 0.5) is 5.69 Å². The Kier molecular flexibility index (Phi) is 6.10. The fourth-order valence-electron chi connectivity index (χ4n) is 2.33. The quantitative estimate of drug-likeness (QED) is 0.573. The number of carbonyl (C=O) groups is 2. The Morgan fingerprint density at radius 2 is 2.07 bits per heavy atom. The highest BCUT2D eigenvalue weighted by molar-refractivity contribution is 8.26. The summed E-state index contributed by atoms with van der Waals surface area (Å²) in [5.74, 6) is 0.600. The largest absolute Gasteiger partial charge is 0.497 e. The van der Waals surface area contributed by atoms with Gasteiger partial charge in [0.25, 0.3) is 11.8 Å². The Morgan fingerprint density at radius 3 is 2.81 bits per heavy atom. The molecular weight excluding hydrogens is 384 g/mol. The lowest BCUT2D eigenvalue weighted by atomic mass is 10.2. The fraction of sp³-hybridized carbons (Fsp3) is 0.105. The van der Waals surface area contributed by atoms with Gasteiger partial charge in [0.1, 0.15) is 15.8 Å². The molecule has 6 nitrogen and oxygen atoms in total. The highest BCUT2D eigenvalue weighted by Gasteiger charge is 2.22. The molecule has 0 radical (unpaired) electrons. The molecular formula is C19H16N2O4S2. The molecule has 1 aliphatic heterocycles. The monoisotopic (exact) mass is 400 g/mol. The minimum absolute atomic E-state index is 0.171. The van der Waals surface area contributed by atoms with Crippen LogP contribution in [0.25, 0.3) is 6.08 Å². The van der Waals surface area contributed by atoms with Crippen molar-refractivity contribution in [1.29, 1.82) is 0 Å². The van der Waals surface area contributed by atoms with Crippen LogP contribution in [0.2, 0.25) is 0 Å². The second-order valence-electron chi connectivity index (χ2n) is 5.46. The van der Waals surface area contributed by atoms with Crippen molar-refractivity contribution in [2.45, 2.75) is 0 Å². The van der Waals surface area contributed by atoms with Crippen molar-refractivity contribution in [3.05, 3.63) is 59.0 Å². The van der Waals surface area contributed by atoms with E-state index in [-0.39, 0.29) is 18.4 Å². The van der Waals surface area contributed by atoms with Gasteiger partial charge in [-0.05, 0) is 24.3 Å². The molecule has 1 saturated heterocycles. The van der Waals surface area contributed by atoms with Gasteiger partial charge in [0, 0.05) is 17.3 Å². The first-order valence-electron chi connectivity index (χ1n) is 7.96. The molecule has 1 aliphatic rings. The van der Waals surface area contributed by atoms with Crippen LogP contribution in [0.5, 0.6) is 11.5 Å². The zero-order chi connectivity index (χ0) is 19.2. The van der Waals surface area contributed by atoms with E-state index in [0.29, 0.717) is 32.0 Å². The smallest absolute Gasteiger partial charge is 0.263 e. The van der Waals surface area contributed by atoms with E-state index in [0.717, 1.165) is 0 Å². The number of thioether (sulfide) groups is 1. The third kappa shape index (κ3) is 5.08. The van der Waals surface area contributed by atoms with Gasteiger partial charge < -0.3 is 20.1 Å². The summed E-state index contributed by atoms with van der Waals surface area (Å²) in [7, 11) is 1.56. The van der Waals surface area contributed by atoms with Gasteiger partial charge in [-0.15, -0.1) is 0 Å². The van der Waals surface area contributed by atoms with Crippen molar-refractivity contribution >= 4 is 51.9 Å². The number of hydrogen-bond acceptors (Lipinski definition) is 6. The summed E-state index contributed by atoms with van der Waals surface area (Å²) in [5.41, 5.74) is 1.31. The highest BCUT2D eigenvalue weighted by atomic mass is 32.2. The number of hydrogen-bond donors (Lipinski definition) is 2. The van der Waals surface area contributed by atoms with Crippen LogP contribution in [-0.2, 0) is 9.59 Å². The summed E-state index contributed by atoms with van der Waals surface area (Å²) >= 11 is 6.18. The molecule has 0 spiro atoms. The first-order valence-corrected chi connectivity index (χ1v) is 9.18. The number of carbonyl (C=O) groups excluding carboxylic acids is 2. The van der Waals surface area contributed by atoms with Gasteiger partial charge in [-0.25, -0.2) is 0 Å². The van der Waals surface area contributed by atoms with E-state index in [1.807, 2.05) is 6.07 Å². The molecule has 0 aromatic heterocycles. The lowest BCUT2D eigenvalue weighted by Crippen LogP contribution is -2.20. The molecule has 0 bridgehead atoms. The lowest BCUT2D eigenvalue weighted by molar-refractivity contribution is -0.118. The number of methoxy groups -OCH3 is 1. The van der Waals surface area contributed by atoms with Gasteiger partial charge in [-0.2, -0.15) is 0 Å². The maximum absolute atomic E-state index is 12.2. The van der Waals surface area contributed by atoms with E-state index < -0.39 is 0 Å². The predicted octanol–water partition coefficient (Wildman–Crippen LogP) is 3.20. The van der Waals surface area contributed by atoms with Gasteiger partial charge in [-0.3, -0.25) is 9.59 Å². The topological polar surface area (TPSA) is 76.7 Å². The van der Waals surface area contributed by atoms with Gasteiger partial charge in [-0.1, -0.05) is 48.2 Å². The fourth-order valence-corrected chi connectivity index (χ4v) is 3.37. The number of ether oxygens (including phenoxy) is 2.